The molecule has 100 valence electrons. The van der Waals surface area contributed by atoms with Gasteiger partial charge in [-0.05, 0) is 37.1 Å². The predicted octanol–water partition coefficient (Wildman–Crippen LogP) is 3.70. The summed E-state index contributed by atoms with van der Waals surface area (Å²) < 4.78 is 5.71. The summed E-state index contributed by atoms with van der Waals surface area (Å²) in [7, 11) is 1.37. The van der Waals surface area contributed by atoms with Gasteiger partial charge in [-0.25, -0.2) is 4.79 Å². The molecule has 0 amide bonds. The Kier molecular flexibility index (Phi) is 6.12. The molecule has 0 aliphatic heterocycles. The molecule has 0 aliphatic carbocycles. The van der Waals surface area contributed by atoms with Crippen LogP contribution >= 0.6 is 27.5 Å². The molecule has 0 fully saturated rings. The lowest BCUT2D eigenvalue weighted by atomic mass is 10.1. The average molecular weight is 335 g/mol. The van der Waals surface area contributed by atoms with Gasteiger partial charge in [-0.2, -0.15) is 0 Å². The Morgan fingerprint density at radius 1 is 1.56 bits per heavy atom. The number of hydrogen-bond acceptors (Lipinski definition) is 3. The third-order valence-corrected chi connectivity index (χ3v) is 3.61. The molecular weight excluding hydrogens is 318 g/mol. The third-order valence-electron chi connectivity index (χ3n) is 2.77. The Morgan fingerprint density at radius 2 is 2.22 bits per heavy atom. The van der Waals surface area contributed by atoms with Crippen molar-refractivity contribution in [2.75, 3.05) is 7.11 Å². The van der Waals surface area contributed by atoms with Gasteiger partial charge in [0.1, 0.15) is 6.04 Å². The van der Waals surface area contributed by atoms with E-state index in [-0.39, 0.29) is 12.0 Å². The molecule has 0 aliphatic rings. The smallest absolute Gasteiger partial charge is 0.327 e. The second-order valence-corrected chi connectivity index (χ2v) is 5.42. The van der Waals surface area contributed by atoms with Crippen molar-refractivity contribution in [2.45, 2.75) is 32.4 Å². The van der Waals surface area contributed by atoms with Crippen molar-refractivity contribution in [1.82, 2.24) is 5.32 Å². The summed E-state index contributed by atoms with van der Waals surface area (Å²) in [5.41, 5.74) is 0.721. The number of carbonyl (C=O) groups excluding carboxylic acids is 1. The number of halogens is 2. The molecule has 0 bridgehead atoms. The van der Waals surface area contributed by atoms with Gasteiger partial charge in [0.05, 0.1) is 7.11 Å². The molecule has 1 aromatic carbocycles. The van der Waals surface area contributed by atoms with Crippen LogP contribution in [0.25, 0.3) is 0 Å². The van der Waals surface area contributed by atoms with Gasteiger partial charge in [-0.3, -0.25) is 5.32 Å². The van der Waals surface area contributed by atoms with Crippen molar-refractivity contribution < 1.29 is 9.53 Å². The zero-order chi connectivity index (χ0) is 13.7. The van der Waals surface area contributed by atoms with Crippen LogP contribution in [0.5, 0.6) is 0 Å². The molecule has 18 heavy (non-hydrogen) atoms. The highest BCUT2D eigenvalue weighted by molar-refractivity contribution is 9.10. The minimum atomic E-state index is -0.546. The first-order valence-electron chi connectivity index (χ1n) is 5.78. The van der Waals surface area contributed by atoms with E-state index < -0.39 is 6.04 Å². The van der Waals surface area contributed by atoms with Crippen LogP contribution in [0.4, 0.5) is 0 Å². The molecule has 0 saturated heterocycles. The summed E-state index contributed by atoms with van der Waals surface area (Å²) >= 11 is 9.53. The topological polar surface area (TPSA) is 38.3 Å². The van der Waals surface area contributed by atoms with Crippen molar-refractivity contribution in [3.8, 4) is 0 Å². The van der Waals surface area contributed by atoms with Crippen LogP contribution in [0.3, 0.4) is 0 Å². The average Bonchev–Trinajstić information content (AvgIpc) is 2.37. The van der Waals surface area contributed by atoms with E-state index in [1.807, 2.05) is 19.1 Å². The number of benzene rings is 1. The second-order valence-electron chi connectivity index (χ2n) is 4.10. The molecule has 5 heteroatoms. The van der Waals surface area contributed by atoms with Gasteiger partial charge in [-0.1, -0.05) is 34.5 Å². The Balaban J connectivity index is 3.08. The number of ether oxygens (including phenoxy) is 1. The van der Waals surface area contributed by atoms with Crippen molar-refractivity contribution >= 4 is 33.5 Å². The summed E-state index contributed by atoms with van der Waals surface area (Å²) in [6.45, 7) is 4.07. The fraction of sp³-hybridized carbons (Fsp3) is 0.462. The van der Waals surface area contributed by atoms with Crippen LogP contribution in [-0.4, -0.2) is 19.1 Å². The van der Waals surface area contributed by atoms with Crippen molar-refractivity contribution in [3.63, 3.8) is 0 Å². The van der Waals surface area contributed by atoms with E-state index in [0.29, 0.717) is 5.02 Å². The molecule has 2 atom stereocenters. The summed E-state index contributed by atoms with van der Waals surface area (Å²) in [6.07, 6.45) is 0.916. The highest BCUT2D eigenvalue weighted by Gasteiger charge is 2.25. The summed E-state index contributed by atoms with van der Waals surface area (Å²) in [4.78, 5) is 11.9. The van der Waals surface area contributed by atoms with Crippen LogP contribution in [0.2, 0.25) is 5.02 Å². The van der Waals surface area contributed by atoms with E-state index in [4.69, 9.17) is 16.3 Å². The highest BCUT2D eigenvalue weighted by atomic mass is 79.9. The molecule has 3 nitrogen and oxygen atoms in total. The van der Waals surface area contributed by atoms with E-state index in [1.165, 1.54) is 7.11 Å². The lowest BCUT2D eigenvalue weighted by molar-refractivity contribution is -0.143. The van der Waals surface area contributed by atoms with Crippen molar-refractivity contribution in [1.29, 1.82) is 0 Å². The van der Waals surface area contributed by atoms with E-state index in [0.717, 1.165) is 16.5 Å². The highest BCUT2D eigenvalue weighted by Crippen LogP contribution is 2.27. The molecule has 0 spiro atoms. The third kappa shape index (κ3) is 3.97. The van der Waals surface area contributed by atoms with Gasteiger partial charge in [0.2, 0.25) is 0 Å². The van der Waals surface area contributed by atoms with Crippen LogP contribution in [-0.2, 0) is 9.53 Å². The summed E-state index contributed by atoms with van der Waals surface area (Å²) in [6, 6.07) is 5.08. The van der Waals surface area contributed by atoms with Gasteiger partial charge < -0.3 is 4.74 Å². The SMILES string of the molecule is CCC(C)NC(C(=O)OC)c1cc(Br)ccc1Cl. The number of nitrogens with one attached hydrogen (secondary N) is 1. The molecule has 1 rings (SSSR count). The Bertz CT molecular complexity index is 425. The van der Waals surface area contributed by atoms with Crippen LogP contribution in [0.1, 0.15) is 31.9 Å². The normalized spacial score (nSPS) is 14.1. The lowest BCUT2D eigenvalue weighted by Gasteiger charge is -2.22. The van der Waals surface area contributed by atoms with Crippen molar-refractivity contribution in [3.05, 3.63) is 33.3 Å². The molecule has 1 aromatic rings. The Labute approximate surface area is 121 Å². The van der Waals surface area contributed by atoms with Crippen molar-refractivity contribution in [2.24, 2.45) is 0 Å². The molecule has 0 aromatic heterocycles. The maximum atomic E-state index is 11.9. The van der Waals surface area contributed by atoms with E-state index >= 15 is 0 Å². The first-order valence-corrected chi connectivity index (χ1v) is 6.95. The van der Waals surface area contributed by atoms with Gasteiger partial charge in [0.25, 0.3) is 0 Å². The van der Waals surface area contributed by atoms with E-state index in [2.05, 4.69) is 28.2 Å². The number of hydrogen-bond donors (Lipinski definition) is 1. The Hall–Kier alpha value is -0.580. The second kappa shape index (κ2) is 7.12. The molecule has 1 N–H and O–H groups in total. The number of carbonyl (C=O) groups is 1. The number of methoxy groups -OCH3 is 1. The van der Waals surface area contributed by atoms with Crippen LogP contribution in [0.15, 0.2) is 22.7 Å². The fourth-order valence-corrected chi connectivity index (χ4v) is 2.15. The largest absolute Gasteiger partial charge is 0.468 e. The quantitative estimate of drug-likeness (QED) is 0.834. The van der Waals surface area contributed by atoms with E-state index in [1.54, 1.807) is 6.07 Å². The number of esters is 1. The van der Waals surface area contributed by atoms with Crippen LogP contribution in [0, 0.1) is 0 Å². The minimum absolute atomic E-state index is 0.198. The number of rotatable bonds is 5. The molecular formula is C13H17BrClNO2. The van der Waals surface area contributed by atoms with Crippen LogP contribution < -0.4 is 5.32 Å². The maximum Gasteiger partial charge on any atom is 0.327 e. The molecule has 0 radical (unpaired) electrons. The predicted molar refractivity (Wildman–Crippen MR) is 76.8 cm³/mol. The first kappa shape index (κ1) is 15.5. The minimum Gasteiger partial charge on any atom is -0.468 e. The first-order chi connectivity index (χ1) is 8.49. The van der Waals surface area contributed by atoms with E-state index in [9.17, 15) is 4.79 Å². The standard InChI is InChI=1S/C13H17BrClNO2/c1-4-8(2)16-12(13(17)18-3)10-7-9(14)5-6-11(10)15/h5-8,12,16H,4H2,1-3H3. The van der Waals surface area contributed by atoms with Gasteiger partial charge in [-0.15, -0.1) is 0 Å². The molecule has 0 heterocycles. The molecule has 2 unspecified atom stereocenters. The fourth-order valence-electron chi connectivity index (χ4n) is 1.54. The van der Waals surface area contributed by atoms with Gasteiger partial charge in [0.15, 0.2) is 0 Å². The molecule has 0 saturated carbocycles. The zero-order valence-electron chi connectivity index (χ0n) is 10.7. The van der Waals surface area contributed by atoms with Gasteiger partial charge in [0, 0.05) is 15.5 Å². The van der Waals surface area contributed by atoms with Gasteiger partial charge >= 0.3 is 5.97 Å². The Morgan fingerprint density at radius 3 is 2.78 bits per heavy atom. The summed E-state index contributed by atoms with van der Waals surface area (Å²) in [5.74, 6) is -0.338. The zero-order valence-corrected chi connectivity index (χ0v) is 13.0. The lowest BCUT2D eigenvalue weighted by Crippen LogP contribution is -2.35. The monoisotopic (exact) mass is 333 g/mol. The summed E-state index contributed by atoms with van der Waals surface area (Å²) in [5, 5.41) is 3.77. The maximum absolute atomic E-state index is 11.9.